The summed E-state index contributed by atoms with van der Waals surface area (Å²) < 4.78 is 31.7. The van der Waals surface area contributed by atoms with Gasteiger partial charge in [-0.15, -0.1) is 0 Å². The molecule has 0 rings (SSSR count). The minimum Gasteiger partial charge on any atom is -0.481 e. The lowest BCUT2D eigenvalue weighted by Crippen LogP contribution is -2.40. The lowest BCUT2D eigenvalue weighted by Gasteiger charge is -2.16. The monoisotopic (exact) mass is 282 g/mol. The van der Waals surface area contributed by atoms with E-state index >= 15 is 0 Å². The first kappa shape index (κ1) is 17.3. The quantitative estimate of drug-likeness (QED) is 0.522. The minimum atomic E-state index is -3.61. The number of aliphatic carboxylic acids is 1. The van der Waals surface area contributed by atoms with Crippen molar-refractivity contribution >= 4 is 16.2 Å². The van der Waals surface area contributed by atoms with Gasteiger partial charge in [0.15, 0.2) is 0 Å². The van der Waals surface area contributed by atoms with Crippen LogP contribution in [-0.2, 0) is 19.7 Å². The Bertz CT molecular complexity index is 331. The van der Waals surface area contributed by atoms with Gasteiger partial charge in [0.05, 0.1) is 13.0 Å². The molecule has 7 nitrogen and oxygen atoms in total. The maximum Gasteiger partial charge on any atom is 0.304 e. The number of hydrogen-bond donors (Lipinski definition) is 2. The standard InChI is InChI=1S/C10H22N2O5S/c1-3-4-8-17-9-6-11-18(15,16)12(2)7-5-10(13)14/h11H,3-9H2,1-2H3,(H,13,14). The maximum atomic E-state index is 11.6. The zero-order valence-corrected chi connectivity index (χ0v) is 11.7. The molecule has 108 valence electrons. The molecule has 0 amide bonds. The molecule has 0 bridgehead atoms. The van der Waals surface area contributed by atoms with Crippen molar-refractivity contribution in [1.82, 2.24) is 9.03 Å². The molecule has 0 aromatic carbocycles. The van der Waals surface area contributed by atoms with Gasteiger partial charge in [-0.3, -0.25) is 4.79 Å². The van der Waals surface area contributed by atoms with E-state index in [4.69, 9.17) is 9.84 Å². The molecular formula is C10H22N2O5S. The van der Waals surface area contributed by atoms with Gasteiger partial charge in [0.2, 0.25) is 0 Å². The van der Waals surface area contributed by atoms with Crippen LogP contribution < -0.4 is 4.72 Å². The number of hydrogen-bond acceptors (Lipinski definition) is 4. The summed E-state index contributed by atoms with van der Waals surface area (Å²) in [6.45, 7) is 3.10. The van der Waals surface area contributed by atoms with E-state index in [1.807, 2.05) is 6.92 Å². The fourth-order valence-electron chi connectivity index (χ4n) is 1.07. The van der Waals surface area contributed by atoms with E-state index < -0.39 is 16.2 Å². The molecule has 0 aromatic heterocycles. The highest BCUT2D eigenvalue weighted by Crippen LogP contribution is 1.95. The number of unbranched alkanes of at least 4 members (excludes halogenated alkanes) is 1. The number of nitrogens with zero attached hydrogens (tertiary/aromatic N) is 1. The van der Waals surface area contributed by atoms with Gasteiger partial charge in [-0.1, -0.05) is 13.3 Å². The Balaban J connectivity index is 3.81. The number of nitrogens with one attached hydrogen (secondary N) is 1. The van der Waals surface area contributed by atoms with Crippen molar-refractivity contribution in [3.8, 4) is 0 Å². The normalized spacial score (nSPS) is 11.9. The predicted octanol–water partition coefficient (Wildman–Crippen LogP) is 0.0440. The van der Waals surface area contributed by atoms with Crippen molar-refractivity contribution in [1.29, 1.82) is 0 Å². The molecule has 0 aliphatic heterocycles. The molecule has 0 heterocycles. The second kappa shape index (κ2) is 9.26. The molecule has 2 N–H and O–H groups in total. The topological polar surface area (TPSA) is 95.9 Å². The Labute approximate surface area is 108 Å². The molecule has 0 atom stereocenters. The first-order valence-corrected chi connectivity index (χ1v) is 7.34. The average molecular weight is 282 g/mol. The SMILES string of the molecule is CCCCOCCNS(=O)(=O)N(C)CCC(=O)O. The molecule has 0 unspecified atom stereocenters. The molecule has 0 saturated heterocycles. The Hall–Kier alpha value is -0.700. The van der Waals surface area contributed by atoms with E-state index in [0.717, 1.165) is 17.1 Å². The maximum absolute atomic E-state index is 11.6. The Morgan fingerprint density at radius 3 is 2.61 bits per heavy atom. The average Bonchev–Trinajstić information content (AvgIpc) is 2.30. The second-order valence-corrected chi connectivity index (χ2v) is 5.69. The summed E-state index contributed by atoms with van der Waals surface area (Å²) in [7, 11) is -2.27. The Morgan fingerprint density at radius 1 is 1.39 bits per heavy atom. The van der Waals surface area contributed by atoms with E-state index in [0.29, 0.717) is 13.2 Å². The molecule has 0 saturated carbocycles. The van der Waals surface area contributed by atoms with Gasteiger partial charge in [0.25, 0.3) is 10.2 Å². The Morgan fingerprint density at radius 2 is 2.06 bits per heavy atom. The molecule has 0 aromatic rings. The zero-order valence-electron chi connectivity index (χ0n) is 10.9. The van der Waals surface area contributed by atoms with Gasteiger partial charge >= 0.3 is 5.97 Å². The first-order chi connectivity index (χ1) is 8.40. The molecule has 0 aliphatic carbocycles. The molecular weight excluding hydrogens is 260 g/mol. The van der Waals surface area contributed by atoms with Crippen LogP contribution in [0.15, 0.2) is 0 Å². The van der Waals surface area contributed by atoms with Crippen LogP contribution in [0.3, 0.4) is 0 Å². The largest absolute Gasteiger partial charge is 0.481 e. The van der Waals surface area contributed by atoms with Gasteiger partial charge in [0, 0.05) is 26.7 Å². The number of carbonyl (C=O) groups is 1. The fourth-order valence-corrected chi connectivity index (χ4v) is 1.97. The third-order valence-electron chi connectivity index (χ3n) is 2.22. The van der Waals surface area contributed by atoms with Gasteiger partial charge in [-0.2, -0.15) is 17.4 Å². The van der Waals surface area contributed by atoms with Crippen molar-refractivity contribution < 1.29 is 23.1 Å². The van der Waals surface area contributed by atoms with Crippen molar-refractivity contribution in [3.05, 3.63) is 0 Å². The predicted molar refractivity (Wildman–Crippen MR) is 67.5 cm³/mol. The highest BCUT2D eigenvalue weighted by Gasteiger charge is 2.17. The van der Waals surface area contributed by atoms with Crippen LogP contribution >= 0.6 is 0 Å². The lowest BCUT2D eigenvalue weighted by atomic mass is 10.4. The van der Waals surface area contributed by atoms with Crippen molar-refractivity contribution in [2.24, 2.45) is 0 Å². The van der Waals surface area contributed by atoms with Crippen LogP contribution in [0.25, 0.3) is 0 Å². The van der Waals surface area contributed by atoms with E-state index in [1.54, 1.807) is 0 Å². The summed E-state index contributed by atoms with van der Waals surface area (Å²) in [5.74, 6) is -1.03. The van der Waals surface area contributed by atoms with Crippen LogP contribution in [0.2, 0.25) is 0 Å². The minimum absolute atomic E-state index is 0.0542. The Kier molecular flexibility index (Phi) is 8.90. The molecule has 0 aliphatic rings. The van der Waals surface area contributed by atoms with Gasteiger partial charge in [-0.05, 0) is 6.42 Å². The summed E-state index contributed by atoms with van der Waals surface area (Å²) in [6, 6.07) is 0. The van der Waals surface area contributed by atoms with Crippen LogP contribution in [-0.4, -0.2) is 57.1 Å². The lowest BCUT2D eigenvalue weighted by molar-refractivity contribution is -0.137. The second-order valence-electron chi connectivity index (χ2n) is 3.83. The highest BCUT2D eigenvalue weighted by molar-refractivity contribution is 7.87. The van der Waals surface area contributed by atoms with E-state index in [2.05, 4.69) is 4.72 Å². The molecule has 0 radical (unpaired) electrons. The van der Waals surface area contributed by atoms with Crippen molar-refractivity contribution in [3.63, 3.8) is 0 Å². The molecule has 0 spiro atoms. The highest BCUT2D eigenvalue weighted by atomic mass is 32.2. The van der Waals surface area contributed by atoms with E-state index in [9.17, 15) is 13.2 Å². The third-order valence-corrected chi connectivity index (χ3v) is 3.80. The summed E-state index contributed by atoms with van der Waals surface area (Å²) in [5.41, 5.74) is 0. The molecule has 0 fully saturated rings. The number of carboxylic acids is 1. The smallest absolute Gasteiger partial charge is 0.304 e. The van der Waals surface area contributed by atoms with Gasteiger partial charge < -0.3 is 9.84 Å². The zero-order chi connectivity index (χ0) is 14.0. The number of carboxylic acid groups (broad SMARTS) is 1. The van der Waals surface area contributed by atoms with Gasteiger partial charge in [-0.25, -0.2) is 0 Å². The summed E-state index contributed by atoms with van der Waals surface area (Å²) >= 11 is 0. The number of ether oxygens (including phenoxy) is 1. The summed E-state index contributed by atoms with van der Waals surface area (Å²) in [6.07, 6.45) is 1.76. The van der Waals surface area contributed by atoms with Gasteiger partial charge in [0.1, 0.15) is 0 Å². The fraction of sp³-hybridized carbons (Fsp3) is 0.900. The van der Waals surface area contributed by atoms with Crippen LogP contribution in [0, 0.1) is 0 Å². The third kappa shape index (κ3) is 8.40. The van der Waals surface area contributed by atoms with Crippen molar-refractivity contribution in [2.45, 2.75) is 26.2 Å². The van der Waals surface area contributed by atoms with Crippen LogP contribution in [0.4, 0.5) is 0 Å². The molecule has 18 heavy (non-hydrogen) atoms. The first-order valence-electron chi connectivity index (χ1n) is 5.90. The number of rotatable bonds is 11. The summed E-state index contributed by atoms with van der Waals surface area (Å²) in [5, 5.41) is 8.46. The summed E-state index contributed by atoms with van der Waals surface area (Å²) in [4.78, 5) is 10.3. The van der Waals surface area contributed by atoms with Crippen molar-refractivity contribution in [2.75, 3.05) is 33.4 Å². The van der Waals surface area contributed by atoms with Crippen LogP contribution in [0.5, 0.6) is 0 Å². The van der Waals surface area contributed by atoms with E-state index in [1.165, 1.54) is 7.05 Å². The van der Waals surface area contributed by atoms with E-state index in [-0.39, 0.29) is 19.5 Å². The van der Waals surface area contributed by atoms with Crippen LogP contribution in [0.1, 0.15) is 26.2 Å². The molecule has 8 heteroatoms.